The first kappa shape index (κ1) is 13.1. The molecule has 2 rings (SSSR count). The highest BCUT2D eigenvalue weighted by Gasteiger charge is 2.23. The Bertz CT molecular complexity index is 666. The van der Waals surface area contributed by atoms with Gasteiger partial charge in [-0.2, -0.15) is 0 Å². The fourth-order valence-corrected chi connectivity index (χ4v) is 1.85. The molecule has 0 aliphatic carbocycles. The van der Waals surface area contributed by atoms with Crippen molar-refractivity contribution in [3.8, 4) is 11.1 Å². The molecule has 0 saturated heterocycles. The van der Waals surface area contributed by atoms with E-state index in [1.54, 1.807) is 6.92 Å². The standard InChI is InChI=1S/C14H9F3O2/c1-7-2-3-8(11(17)6-7)12-9(15)4-5-10(16)13(12)14(18)19/h2-6H,1H3,(H,18,19). The SMILES string of the molecule is Cc1ccc(-c2c(F)ccc(F)c2C(=O)O)c(F)c1. The molecule has 0 saturated carbocycles. The van der Waals surface area contributed by atoms with Gasteiger partial charge in [0.25, 0.3) is 0 Å². The van der Waals surface area contributed by atoms with Crippen LogP contribution >= 0.6 is 0 Å². The second-order valence-corrected chi connectivity index (χ2v) is 4.07. The number of hydrogen-bond donors (Lipinski definition) is 1. The van der Waals surface area contributed by atoms with Gasteiger partial charge in [0, 0.05) is 11.1 Å². The molecule has 0 spiro atoms. The molecule has 0 bridgehead atoms. The van der Waals surface area contributed by atoms with Gasteiger partial charge in [0.05, 0.1) is 0 Å². The van der Waals surface area contributed by atoms with E-state index in [0.29, 0.717) is 11.6 Å². The normalized spacial score (nSPS) is 10.5. The molecule has 5 heteroatoms. The van der Waals surface area contributed by atoms with Gasteiger partial charge in [-0.15, -0.1) is 0 Å². The number of rotatable bonds is 2. The van der Waals surface area contributed by atoms with E-state index in [2.05, 4.69) is 0 Å². The highest BCUT2D eigenvalue weighted by Crippen LogP contribution is 2.31. The molecule has 0 atom stereocenters. The first-order valence-corrected chi connectivity index (χ1v) is 5.39. The van der Waals surface area contributed by atoms with E-state index in [-0.39, 0.29) is 5.56 Å². The summed E-state index contributed by atoms with van der Waals surface area (Å²) in [7, 11) is 0. The van der Waals surface area contributed by atoms with Crippen molar-refractivity contribution in [2.75, 3.05) is 0 Å². The van der Waals surface area contributed by atoms with Crippen LogP contribution in [0.25, 0.3) is 11.1 Å². The van der Waals surface area contributed by atoms with Gasteiger partial charge in [-0.05, 0) is 30.7 Å². The Morgan fingerprint density at radius 1 is 1.00 bits per heavy atom. The Morgan fingerprint density at radius 3 is 2.21 bits per heavy atom. The Hall–Kier alpha value is -2.30. The van der Waals surface area contributed by atoms with Crippen molar-refractivity contribution >= 4 is 5.97 Å². The van der Waals surface area contributed by atoms with Crippen LogP contribution in [0.4, 0.5) is 13.2 Å². The van der Waals surface area contributed by atoms with Crippen molar-refractivity contribution in [1.29, 1.82) is 0 Å². The van der Waals surface area contributed by atoms with Crippen molar-refractivity contribution in [2.45, 2.75) is 6.92 Å². The Kier molecular flexibility index (Phi) is 3.29. The third-order valence-electron chi connectivity index (χ3n) is 2.71. The lowest BCUT2D eigenvalue weighted by Crippen LogP contribution is -2.06. The fraction of sp³-hybridized carbons (Fsp3) is 0.0714. The molecule has 0 aliphatic heterocycles. The molecule has 0 unspecified atom stereocenters. The van der Waals surface area contributed by atoms with Crippen LogP contribution in [-0.4, -0.2) is 11.1 Å². The summed E-state index contributed by atoms with van der Waals surface area (Å²) in [5.41, 5.74) is -1.14. The summed E-state index contributed by atoms with van der Waals surface area (Å²) >= 11 is 0. The van der Waals surface area contributed by atoms with Crippen LogP contribution in [0.5, 0.6) is 0 Å². The molecular formula is C14H9F3O2. The molecule has 2 aromatic rings. The molecule has 0 aromatic heterocycles. The molecular weight excluding hydrogens is 257 g/mol. The van der Waals surface area contributed by atoms with Crippen LogP contribution in [0.3, 0.4) is 0 Å². The highest BCUT2D eigenvalue weighted by molar-refractivity contribution is 5.96. The minimum atomic E-state index is -1.65. The van der Waals surface area contributed by atoms with Gasteiger partial charge >= 0.3 is 5.97 Å². The minimum Gasteiger partial charge on any atom is -0.478 e. The lowest BCUT2D eigenvalue weighted by atomic mass is 9.97. The van der Waals surface area contributed by atoms with Crippen molar-refractivity contribution in [3.05, 3.63) is 58.9 Å². The van der Waals surface area contributed by atoms with Crippen LogP contribution in [-0.2, 0) is 0 Å². The Morgan fingerprint density at radius 2 is 1.63 bits per heavy atom. The summed E-state index contributed by atoms with van der Waals surface area (Å²) in [6.07, 6.45) is 0. The maximum absolute atomic E-state index is 13.8. The molecule has 0 heterocycles. The van der Waals surface area contributed by atoms with Gasteiger partial charge in [0.15, 0.2) is 0 Å². The number of benzene rings is 2. The van der Waals surface area contributed by atoms with Crippen molar-refractivity contribution in [2.24, 2.45) is 0 Å². The van der Waals surface area contributed by atoms with E-state index in [1.807, 2.05) is 0 Å². The van der Waals surface area contributed by atoms with Gasteiger partial charge in [-0.25, -0.2) is 18.0 Å². The first-order valence-electron chi connectivity index (χ1n) is 5.39. The summed E-state index contributed by atoms with van der Waals surface area (Å²) in [6.45, 7) is 1.63. The Labute approximate surface area is 107 Å². The Balaban J connectivity index is 2.81. The number of halogens is 3. The summed E-state index contributed by atoms with van der Waals surface area (Å²) < 4.78 is 41.1. The maximum atomic E-state index is 13.8. The number of carboxylic acid groups (broad SMARTS) is 1. The number of carbonyl (C=O) groups is 1. The van der Waals surface area contributed by atoms with Crippen LogP contribution in [0.1, 0.15) is 15.9 Å². The summed E-state index contributed by atoms with van der Waals surface area (Å²) in [5, 5.41) is 8.95. The smallest absolute Gasteiger partial charge is 0.339 e. The van der Waals surface area contributed by atoms with Gasteiger partial charge in [0.1, 0.15) is 23.0 Å². The van der Waals surface area contributed by atoms with E-state index in [1.165, 1.54) is 12.1 Å². The van der Waals surface area contributed by atoms with Crippen LogP contribution in [0, 0.1) is 24.4 Å². The molecule has 0 fully saturated rings. The van der Waals surface area contributed by atoms with Crippen molar-refractivity contribution in [1.82, 2.24) is 0 Å². The van der Waals surface area contributed by atoms with Crippen molar-refractivity contribution < 1.29 is 23.1 Å². The topological polar surface area (TPSA) is 37.3 Å². The van der Waals surface area contributed by atoms with Gasteiger partial charge in [-0.1, -0.05) is 12.1 Å². The van der Waals surface area contributed by atoms with E-state index >= 15 is 0 Å². The molecule has 0 radical (unpaired) electrons. The molecule has 98 valence electrons. The van der Waals surface area contributed by atoms with Crippen molar-refractivity contribution in [3.63, 3.8) is 0 Å². The molecule has 2 nitrogen and oxygen atoms in total. The van der Waals surface area contributed by atoms with Gasteiger partial charge < -0.3 is 5.11 Å². The second-order valence-electron chi connectivity index (χ2n) is 4.07. The first-order chi connectivity index (χ1) is 8.91. The summed E-state index contributed by atoms with van der Waals surface area (Å²) in [5.74, 6) is -4.54. The predicted molar refractivity (Wildman–Crippen MR) is 63.4 cm³/mol. The summed E-state index contributed by atoms with van der Waals surface area (Å²) in [6, 6.07) is 5.33. The third kappa shape index (κ3) is 2.31. The zero-order chi connectivity index (χ0) is 14.2. The van der Waals surface area contributed by atoms with E-state index in [9.17, 15) is 18.0 Å². The molecule has 0 amide bonds. The number of aryl methyl sites for hydroxylation is 1. The molecule has 19 heavy (non-hydrogen) atoms. The molecule has 1 N–H and O–H groups in total. The van der Waals surface area contributed by atoms with Crippen LogP contribution < -0.4 is 0 Å². The fourth-order valence-electron chi connectivity index (χ4n) is 1.85. The third-order valence-corrected chi connectivity index (χ3v) is 2.71. The van der Waals surface area contributed by atoms with Crippen LogP contribution in [0.2, 0.25) is 0 Å². The average Bonchev–Trinajstić information content (AvgIpc) is 2.32. The van der Waals surface area contributed by atoms with Gasteiger partial charge in [-0.3, -0.25) is 0 Å². The van der Waals surface area contributed by atoms with E-state index < -0.39 is 34.5 Å². The monoisotopic (exact) mass is 266 g/mol. The van der Waals surface area contributed by atoms with Crippen LogP contribution in [0.15, 0.2) is 30.3 Å². The largest absolute Gasteiger partial charge is 0.478 e. The number of aromatic carboxylic acids is 1. The highest BCUT2D eigenvalue weighted by atomic mass is 19.1. The molecule has 2 aromatic carbocycles. The number of carboxylic acids is 1. The average molecular weight is 266 g/mol. The summed E-state index contributed by atoms with van der Waals surface area (Å²) in [4.78, 5) is 11.0. The van der Waals surface area contributed by atoms with E-state index in [0.717, 1.165) is 12.1 Å². The zero-order valence-corrected chi connectivity index (χ0v) is 9.88. The lowest BCUT2D eigenvalue weighted by Gasteiger charge is -2.10. The molecule has 0 aliphatic rings. The minimum absolute atomic E-state index is 0.278. The lowest BCUT2D eigenvalue weighted by molar-refractivity contribution is 0.0692. The van der Waals surface area contributed by atoms with Gasteiger partial charge in [0.2, 0.25) is 0 Å². The maximum Gasteiger partial charge on any atom is 0.339 e. The quantitative estimate of drug-likeness (QED) is 0.898. The predicted octanol–water partition coefficient (Wildman–Crippen LogP) is 3.78. The zero-order valence-electron chi connectivity index (χ0n) is 9.88. The van der Waals surface area contributed by atoms with E-state index in [4.69, 9.17) is 5.11 Å². The number of hydrogen-bond acceptors (Lipinski definition) is 1. The second kappa shape index (κ2) is 4.76.